The zero-order chi connectivity index (χ0) is 20.2. The average Bonchev–Trinajstić information content (AvgIpc) is 3.04. The number of esters is 1. The lowest BCUT2D eigenvalue weighted by atomic mass is 10.0. The Hall–Kier alpha value is -2.68. The molecule has 0 saturated carbocycles. The molecule has 1 aromatic rings. The molecule has 1 aliphatic heterocycles. The van der Waals surface area contributed by atoms with Gasteiger partial charge in [-0.2, -0.15) is 0 Å². The van der Waals surface area contributed by atoms with Gasteiger partial charge < -0.3 is 19.1 Å². The van der Waals surface area contributed by atoms with Crippen LogP contribution in [-0.2, 0) is 25.6 Å². The van der Waals surface area contributed by atoms with E-state index in [9.17, 15) is 19.7 Å². The monoisotopic (exact) mass is 380 g/mol. The highest BCUT2D eigenvalue weighted by atomic mass is 16.6. The predicted octanol–water partition coefficient (Wildman–Crippen LogP) is 2.66. The van der Waals surface area contributed by atoms with Crippen LogP contribution in [0.1, 0.15) is 32.8 Å². The van der Waals surface area contributed by atoms with Gasteiger partial charge in [-0.1, -0.05) is 12.1 Å². The standard InChI is InChI=1S/C18H24N2O7/c1-17(2,3)27-16(22)19-10-9-18(12-19,15(21)25-4)26-11-13-7-5-6-8-14(13)20(23)24/h5-8H,9-12H2,1-4H3. The van der Waals surface area contributed by atoms with Crippen LogP contribution in [0.15, 0.2) is 24.3 Å². The topological polar surface area (TPSA) is 108 Å². The number of carbonyl (C=O) groups excluding carboxylic acids is 2. The van der Waals surface area contributed by atoms with Crippen LogP contribution in [0.5, 0.6) is 0 Å². The number of carbonyl (C=O) groups is 2. The number of nitro groups is 1. The van der Waals surface area contributed by atoms with Crippen molar-refractivity contribution in [3.05, 3.63) is 39.9 Å². The highest BCUT2D eigenvalue weighted by molar-refractivity contribution is 5.82. The second-order valence-corrected chi connectivity index (χ2v) is 7.31. The third-order valence-electron chi connectivity index (χ3n) is 4.13. The predicted molar refractivity (Wildman–Crippen MR) is 95.1 cm³/mol. The molecule has 1 amide bonds. The Kier molecular flexibility index (Phi) is 6.04. The lowest BCUT2D eigenvalue weighted by Crippen LogP contribution is -2.46. The maximum Gasteiger partial charge on any atom is 0.410 e. The Bertz CT molecular complexity index is 729. The number of nitrogens with zero attached hydrogens (tertiary/aromatic N) is 2. The van der Waals surface area contributed by atoms with Gasteiger partial charge in [-0.05, 0) is 26.8 Å². The lowest BCUT2D eigenvalue weighted by molar-refractivity contribution is -0.386. The first kappa shape index (κ1) is 20.6. The van der Waals surface area contributed by atoms with Crippen molar-refractivity contribution in [2.45, 2.75) is 45.0 Å². The van der Waals surface area contributed by atoms with Gasteiger partial charge in [0.05, 0.1) is 30.7 Å². The Morgan fingerprint density at radius 2 is 1.96 bits per heavy atom. The number of likely N-dealkylation sites (tertiary alicyclic amines) is 1. The van der Waals surface area contributed by atoms with Crippen LogP contribution in [0.4, 0.5) is 10.5 Å². The summed E-state index contributed by atoms with van der Waals surface area (Å²) in [6.45, 7) is 5.29. The van der Waals surface area contributed by atoms with Crippen LogP contribution in [0.2, 0.25) is 0 Å². The molecule has 1 atom stereocenters. The van der Waals surface area contributed by atoms with Gasteiger partial charge in [-0.25, -0.2) is 9.59 Å². The van der Waals surface area contributed by atoms with E-state index in [4.69, 9.17) is 14.2 Å². The summed E-state index contributed by atoms with van der Waals surface area (Å²) in [4.78, 5) is 36.7. The third kappa shape index (κ3) is 4.94. The average molecular weight is 380 g/mol. The van der Waals surface area contributed by atoms with Crippen LogP contribution in [0.25, 0.3) is 0 Å². The second kappa shape index (κ2) is 7.91. The minimum Gasteiger partial charge on any atom is -0.467 e. The van der Waals surface area contributed by atoms with Crippen molar-refractivity contribution >= 4 is 17.7 Å². The zero-order valence-corrected chi connectivity index (χ0v) is 15.9. The molecule has 1 unspecified atom stereocenters. The first-order valence-electron chi connectivity index (χ1n) is 8.50. The lowest BCUT2D eigenvalue weighted by Gasteiger charge is -2.28. The summed E-state index contributed by atoms with van der Waals surface area (Å²) in [5.74, 6) is -0.632. The van der Waals surface area contributed by atoms with Crippen molar-refractivity contribution in [2.75, 3.05) is 20.2 Å². The van der Waals surface area contributed by atoms with Gasteiger partial charge in [0.1, 0.15) is 5.60 Å². The summed E-state index contributed by atoms with van der Waals surface area (Å²) in [6, 6.07) is 6.13. The summed E-state index contributed by atoms with van der Waals surface area (Å²) < 4.78 is 16.0. The Morgan fingerprint density at radius 1 is 1.30 bits per heavy atom. The Morgan fingerprint density at radius 3 is 2.56 bits per heavy atom. The highest BCUT2D eigenvalue weighted by Gasteiger charge is 2.49. The van der Waals surface area contributed by atoms with Crippen molar-refractivity contribution in [3.63, 3.8) is 0 Å². The van der Waals surface area contributed by atoms with Crippen LogP contribution < -0.4 is 0 Å². The first-order chi connectivity index (χ1) is 12.6. The number of ether oxygens (including phenoxy) is 3. The van der Waals surface area contributed by atoms with Crippen molar-refractivity contribution < 1.29 is 28.7 Å². The number of nitro benzene ring substituents is 1. The summed E-state index contributed by atoms with van der Waals surface area (Å²) in [5, 5.41) is 11.2. The molecule has 0 aromatic heterocycles. The van der Waals surface area contributed by atoms with Crippen molar-refractivity contribution in [1.82, 2.24) is 4.90 Å². The van der Waals surface area contributed by atoms with E-state index < -0.39 is 28.2 Å². The molecule has 1 fully saturated rings. The SMILES string of the molecule is COC(=O)C1(OCc2ccccc2[N+](=O)[O-])CCN(C(=O)OC(C)(C)C)C1. The molecular weight excluding hydrogens is 356 g/mol. The third-order valence-corrected chi connectivity index (χ3v) is 4.13. The van der Waals surface area contributed by atoms with Crippen molar-refractivity contribution in [3.8, 4) is 0 Å². The molecule has 148 valence electrons. The van der Waals surface area contributed by atoms with Crippen LogP contribution >= 0.6 is 0 Å². The number of hydrogen-bond acceptors (Lipinski definition) is 7. The van der Waals surface area contributed by atoms with Crippen molar-refractivity contribution in [2.24, 2.45) is 0 Å². The molecule has 9 heteroatoms. The molecule has 0 spiro atoms. The fraction of sp³-hybridized carbons (Fsp3) is 0.556. The van der Waals surface area contributed by atoms with E-state index in [-0.39, 0.29) is 31.8 Å². The van der Waals surface area contributed by atoms with Gasteiger partial charge in [0.15, 0.2) is 5.60 Å². The highest BCUT2D eigenvalue weighted by Crippen LogP contribution is 2.31. The molecule has 1 aliphatic rings. The molecule has 0 aliphatic carbocycles. The van der Waals surface area contributed by atoms with E-state index in [2.05, 4.69) is 0 Å². The largest absolute Gasteiger partial charge is 0.467 e. The molecule has 2 rings (SSSR count). The summed E-state index contributed by atoms with van der Waals surface area (Å²) in [7, 11) is 1.23. The Labute approximate surface area is 157 Å². The maximum absolute atomic E-state index is 12.4. The molecule has 1 heterocycles. The second-order valence-electron chi connectivity index (χ2n) is 7.31. The zero-order valence-electron chi connectivity index (χ0n) is 15.9. The summed E-state index contributed by atoms with van der Waals surface area (Å²) in [6.07, 6.45) is -0.345. The van der Waals surface area contributed by atoms with Gasteiger partial charge in [-0.15, -0.1) is 0 Å². The van der Waals surface area contributed by atoms with E-state index in [1.54, 1.807) is 39.0 Å². The summed E-state index contributed by atoms with van der Waals surface area (Å²) >= 11 is 0. The van der Waals surface area contributed by atoms with Crippen LogP contribution in [0, 0.1) is 10.1 Å². The molecule has 9 nitrogen and oxygen atoms in total. The van der Waals surface area contributed by atoms with Crippen molar-refractivity contribution in [1.29, 1.82) is 0 Å². The van der Waals surface area contributed by atoms with Gasteiger partial charge in [0.2, 0.25) is 0 Å². The van der Waals surface area contributed by atoms with E-state index in [1.165, 1.54) is 18.1 Å². The van der Waals surface area contributed by atoms with Gasteiger partial charge in [0, 0.05) is 19.0 Å². The molecule has 1 saturated heterocycles. The van der Waals surface area contributed by atoms with Gasteiger partial charge >= 0.3 is 12.1 Å². The smallest absolute Gasteiger partial charge is 0.410 e. The number of rotatable bonds is 5. The minimum absolute atomic E-state index is 0.0464. The Balaban J connectivity index is 2.16. The molecule has 0 radical (unpaired) electrons. The van der Waals surface area contributed by atoms with E-state index in [0.717, 1.165) is 0 Å². The quantitative estimate of drug-likeness (QED) is 0.439. The minimum atomic E-state index is -1.39. The van der Waals surface area contributed by atoms with Gasteiger partial charge in [0.25, 0.3) is 5.69 Å². The first-order valence-corrected chi connectivity index (χ1v) is 8.50. The molecule has 0 N–H and O–H groups in total. The van der Waals surface area contributed by atoms with Crippen LogP contribution in [-0.4, -0.2) is 53.3 Å². The van der Waals surface area contributed by atoms with Gasteiger partial charge in [-0.3, -0.25) is 10.1 Å². The van der Waals surface area contributed by atoms with Crippen LogP contribution in [0.3, 0.4) is 0 Å². The molecule has 0 bridgehead atoms. The normalized spacial score (nSPS) is 19.6. The summed E-state index contributed by atoms with van der Waals surface area (Å²) in [5.41, 5.74) is -1.82. The number of hydrogen-bond donors (Lipinski definition) is 0. The molecular formula is C18H24N2O7. The number of benzene rings is 1. The van der Waals surface area contributed by atoms with E-state index in [0.29, 0.717) is 5.56 Å². The maximum atomic E-state index is 12.4. The fourth-order valence-electron chi connectivity index (χ4n) is 2.82. The number of amides is 1. The molecule has 27 heavy (non-hydrogen) atoms. The van der Waals surface area contributed by atoms with E-state index in [1.807, 2.05) is 0 Å². The van der Waals surface area contributed by atoms with E-state index >= 15 is 0 Å². The number of methoxy groups -OCH3 is 1. The molecule has 1 aromatic carbocycles. The fourth-order valence-corrected chi connectivity index (χ4v) is 2.82. The number of para-hydroxylation sites is 1.